The Hall–Kier alpha value is -1.96. The number of hydrogen-bond donors (Lipinski definition) is 6. The molecule has 0 radical (unpaired) electrons. The van der Waals surface area contributed by atoms with E-state index in [2.05, 4.69) is 74.6 Å². The number of unbranched alkanes of at least 4 members (excludes halogenated alkanes) is 8. The number of carbonyl (C=O) groups is 1. The lowest BCUT2D eigenvalue weighted by molar-refractivity contribution is -0.220. The van der Waals surface area contributed by atoms with Crippen LogP contribution >= 0.6 is 7.82 Å². The van der Waals surface area contributed by atoms with Gasteiger partial charge in [-0.25, -0.2) is 4.57 Å². The maximum absolute atomic E-state index is 12.7. The quantitative estimate of drug-likeness (QED) is 0.0208. The Morgan fingerprint density at radius 3 is 1.69 bits per heavy atom. The number of phosphoric ester groups is 1. The summed E-state index contributed by atoms with van der Waals surface area (Å²) < 4.78 is 33.8. The highest BCUT2D eigenvalue weighted by Crippen LogP contribution is 2.47. The number of esters is 1. The van der Waals surface area contributed by atoms with E-state index in [0.29, 0.717) is 13.0 Å². The highest BCUT2D eigenvalue weighted by atomic mass is 31.2. The Balaban J connectivity index is 2.47. The van der Waals surface area contributed by atoms with E-state index in [9.17, 15) is 39.8 Å². The molecule has 0 aromatic heterocycles. The third kappa shape index (κ3) is 23.0. The third-order valence-electron chi connectivity index (χ3n) is 8.40. The van der Waals surface area contributed by atoms with Gasteiger partial charge in [-0.3, -0.25) is 13.8 Å². The standard InChI is InChI=1S/C39H67O12P/c1-3-5-7-9-11-12-13-14-15-16-17-18-19-20-21-23-25-27-29-48-30-32(50-33(40)28-26-24-22-10-8-6-4-2)31-49-52(46,47)51-39-37(44)35(42)34(41)36(43)38(39)45/h5,7,11-12,14-15,17-18,20-21,32,34-39,41-45H,3-4,6,8-10,13,16,19,22-31H2,1-2H3,(H,46,47)/b7-5-,12-11-,15-14-,18-17-,21-20-. The van der Waals surface area contributed by atoms with Gasteiger partial charge in [-0.05, 0) is 57.8 Å². The first-order valence-electron chi connectivity index (χ1n) is 19.1. The van der Waals surface area contributed by atoms with Crippen molar-refractivity contribution in [2.75, 3.05) is 19.8 Å². The molecule has 1 fully saturated rings. The van der Waals surface area contributed by atoms with E-state index in [4.69, 9.17) is 18.5 Å². The van der Waals surface area contributed by atoms with Gasteiger partial charge in [0, 0.05) is 13.0 Å². The van der Waals surface area contributed by atoms with E-state index in [1.165, 1.54) is 6.42 Å². The fraction of sp³-hybridized carbons (Fsp3) is 0.718. The summed E-state index contributed by atoms with van der Waals surface area (Å²) in [4.78, 5) is 22.9. The van der Waals surface area contributed by atoms with Crippen molar-refractivity contribution in [1.82, 2.24) is 0 Å². The number of rotatable bonds is 30. The Labute approximate surface area is 311 Å². The van der Waals surface area contributed by atoms with Crippen molar-refractivity contribution in [3.05, 3.63) is 60.8 Å². The molecule has 6 unspecified atom stereocenters. The normalized spacial score (nSPS) is 24.5. The second-order valence-corrected chi connectivity index (χ2v) is 14.5. The van der Waals surface area contributed by atoms with Gasteiger partial charge in [0.1, 0.15) is 42.7 Å². The van der Waals surface area contributed by atoms with Crippen LogP contribution in [0.15, 0.2) is 60.8 Å². The van der Waals surface area contributed by atoms with Crippen LogP contribution in [0.4, 0.5) is 0 Å². The molecular formula is C39H67O12P. The van der Waals surface area contributed by atoms with E-state index in [1.54, 1.807) is 0 Å². The minimum absolute atomic E-state index is 0.108. The highest BCUT2D eigenvalue weighted by Gasteiger charge is 2.51. The van der Waals surface area contributed by atoms with Gasteiger partial charge in [-0.2, -0.15) is 0 Å². The predicted octanol–water partition coefficient (Wildman–Crippen LogP) is 6.30. The number of ether oxygens (including phenoxy) is 2. The number of allylic oxidation sites excluding steroid dienone is 10. The van der Waals surface area contributed by atoms with Crippen LogP contribution in [0.25, 0.3) is 0 Å². The molecule has 12 nitrogen and oxygen atoms in total. The van der Waals surface area contributed by atoms with E-state index < -0.39 is 63.1 Å². The van der Waals surface area contributed by atoms with Crippen molar-refractivity contribution >= 4 is 13.8 Å². The van der Waals surface area contributed by atoms with Crippen molar-refractivity contribution < 1.29 is 58.3 Å². The van der Waals surface area contributed by atoms with Gasteiger partial charge >= 0.3 is 13.8 Å². The fourth-order valence-electron chi connectivity index (χ4n) is 5.32. The van der Waals surface area contributed by atoms with Crippen molar-refractivity contribution in [3.8, 4) is 0 Å². The second kappa shape index (κ2) is 30.4. The van der Waals surface area contributed by atoms with Crippen LogP contribution in [0.1, 0.15) is 117 Å². The van der Waals surface area contributed by atoms with Crippen molar-refractivity contribution in [2.45, 2.75) is 159 Å². The summed E-state index contributed by atoms with van der Waals surface area (Å²) in [6.45, 7) is 3.94. The molecule has 300 valence electrons. The van der Waals surface area contributed by atoms with Crippen molar-refractivity contribution in [1.29, 1.82) is 0 Å². The first kappa shape index (κ1) is 48.1. The third-order valence-corrected chi connectivity index (χ3v) is 9.39. The van der Waals surface area contributed by atoms with Crippen LogP contribution in [0.5, 0.6) is 0 Å². The van der Waals surface area contributed by atoms with E-state index >= 15 is 0 Å². The summed E-state index contributed by atoms with van der Waals surface area (Å²) in [5.41, 5.74) is 0. The monoisotopic (exact) mass is 758 g/mol. The highest BCUT2D eigenvalue weighted by molar-refractivity contribution is 7.47. The van der Waals surface area contributed by atoms with Crippen LogP contribution in [0.2, 0.25) is 0 Å². The van der Waals surface area contributed by atoms with Crippen molar-refractivity contribution in [3.63, 3.8) is 0 Å². The van der Waals surface area contributed by atoms with Crippen LogP contribution in [0.3, 0.4) is 0 Å². The number of hydrogen-bond acceptors (Lipinski definition) is 11. The van der Waals surface area contributed by atoms with Gasteiger partial charge in [0.25, 0.3) is 0 Å². The first-order valence-corrected chi connectivity index (χ1v) is 20.6. The molecule has 0 aromatic carbocycles. The van der Waals surface area contributed by atoms with Gasteiger partial charge < -0.3 is 39.9 Å². The summed E-state index contributed by atoms with van der Waals surface area (Å²) in [5, 5.41) is 49.8. The molecule has 1 aliphatic carbocycles. The molecule has 0 spiro atoms. The second-order valence-electron chi connectivity index (χ2n) is 13.0. The number of carbonyl (C=O) groups excluding carboxylic acids is 1. The molecule has 13 heteroatoms. The van der Waals surface area contributed by atoms with E-state index in [0.717, 1.165) is 83.5 Å². The van der Waals surface area contributed by atoms with Crippen molar-refractivity contribution in [2.24, 2.45) is 0 Å². The summed E-state index contributed by atoms with van der Waals surface area (Å²) in [7, 11) is -5.02. The molecule has 0 heterocycles. The minimum Gasteiger partial charge on any atom is -0.457 e. The molecule has 6 N–H and O–H groups in total. The van der Waals surface area contributed by atoms with Crippen LogP contribution in [-0.4, -0.2) is 98.9 Å². The molecule has 0 amide bonds. The maximum Gasteiger partial charge on any atom is 0.472 e. The fourth-order valence-corrected chi connectivity index (χ4v) is 6.29. The number of aliphatic hydroxyl groups is 5. The lowest BCUT2D eigenvalue weighted by Gasteiger charge is -2.41. The Morgan fingerprint density at radius 1 is 0.635 bits per heavy atom. The molecule has 1 aliphatic rings. The van der Waals surface area contributed by atoms with Gasteiger partial charge in [0.15, 0.2) is 0 Å². The first-order chi connectivity index (χ1) is 25.0. The zero-order valence-corrected chi connectivity index (χ0v) is 32.2. The molecule has 0 aliphatic heterocycles. The van der Waals surface area contributed by atoms with Crippen LogP contribution < -0.4 is 0 Å². The molecule has 0 saturated heterocycles. The smallest absolute Gasteiger partial charge is 0.457 e. The number of phosphoric acid groups is 1. The summed E-state index contributed by atoms with van der Waals surface area (Å²) >= 11 is 0. The Morgan fingerprint density at radius 2 is 1.13 bits per heavy atom. The Bertz CT molecular complexity index is 1090. The van der Waals surface area contributed by atoms with Gasteiger partial charge in [0.2, 0.25) is 0 Å². The Kier molecular flexibility index (Phi) is 28.1. The van der Waals surface area contributed by atoms with Gasteiger partial charge in [0.05, 0.1) is 13.2 Å². The topological polar surface area (TPSA) is 192 Å². The SMILES string of the molecule is CC/C=C\C/C=C\C/C=C\C/C=C\C/C=C\CCCCOCC(COP(=O)(O)OC1C(O)C(O)C(O)C(O)C1O)OC(=O)CCCCCCCCC. The number of aliphatic hydroxyl groups excluding tert-OH is 5. The van der Waals surface area contributed by atoms with E-state index in [1.807, 2.05) is 0 Å². The predicted molar refractivity (Wildman–Crippen MR) is 202 cm³/mol. The largest absolute Gasteiger partial charge is 0.472 e. The van der Waals surface area contributed by atoms with Gasteiger partial charge in [-0.1, -0.05) is 113 Å². The summed E-state index contributed by atoms with van der Waals surface area (Å²) in [6, 6.07) is 0. The average Bonchev–Trinajstić information content (AvgIpc) is 3.12. The lowest BCUT2D eigenvalue weighted by atomic mass is 9.85. The molecular weight excluding hydrogens is 691 g/mol. The van der Waals surface area contributed by atoms with E-state index in [-0.39, 0.29) is 13.0 Å². The molecule has 0 aromatic rings. The molecule has 6 atom stereocenters. The minimum atomic E-state index is -5.02. The summed E-state index contributed by atoms with van der Waals surface area (Å²) in [6.07, 6.45) is 23.4. The zero-order chi connectivity index (χ0) is 38.5. The molecule has 1 rings (SSSR count). The molecule has 0 bridgehead atoms. The van der Waals surface area contributed by atoms with Crippen LogP contribution in [0, 0.1) is 0 Å². The maximum atomic E-state index is 12.7. The average molecular weight is 759 g/mol. The van der Waals surface area contributed by atoms with Gasteiger partial charge in [-0.15, -0.1) is 0 Å². The molecule has 52 heavy (non-hydrogen) atoms. The zero-order valence-electron chi connectivity index (χ0n) is 31.3. The lowest BCUT2D eigenvalue weighted by Crippen LogP contribution is -2.64. The summed E-state index contributed by atoms with van der Waals surface area (Å²) in [5.74, 6) is -0.504. The molecule has 1 saturated carbocycles. The van der Waals surface area contributed by atoms with Crippen LogP contribution in [-0.2, 0) is 27.9 Å².